The van der Waals surface area contributed by atoms with E-state index in [-0.39, 0.29) is 23.6 Å². The van der Waals surface area contributed by atoms with Gasteiger partial charge in [-0.05, 0) is 62.1 Å². The molecular weight excluding hydrogens is 290 g/mol. The summed E-state index contributed by atoms with van der Waals surface area (Å²) in [4.78, 5) is 28.4. The molecule has 3 rings (SSSR count). The lowest BCUT2D eigenvalue weighted by molar-refractivity contribution is 0.0951. The zero-order valence-electron chi connectivity index (χ0n) is 13.2. The number of pyridine rings is 1. The Morgan fingerprint density at radius 2 is 1.83 bits per heavy atom. The van der Waals surface area contributed by atoms with Crippen molar-refractivity contribution in [3.8, 4) is 0 Å². The van der Waals surface area contributed by atoms with E-state index in [0.717, 1.165) is 18.4 Å². The molecule has 2 N–H and O–H groups in total. The van der Waals surface area contributed by atoms with Gasteiger partial charge in [-0.2, -0.15) is 0 Å². The fraction of sp³-hybridized carbons (Fsp3) is 0.278. The maximum absolute atomic E-state index is 12.3. The topological polar surface area (TPSA) is 71.1 Å². The number of carbonyl (C=O) groups is 2. The first-order valence-corrected chi connectivity index (χ1v) is 7.68. The van der Waals surface area contributed by atoms with Gasteiger partial charge < -0.3 is 10.6 Å². The van der Waals surface area contributed by atoms with Crippen molar-refractivity contribution in [1.82, 2.24) is 10.3 Å². The second-order valence-corrected chi connectivity index (χ2v) is 5.93. The van der Waals surface area contributed by atoms with Crippen molar-refractivity contribution in [3.05, 3.63) is 58.9 Å². The van der Waals surface area contributed by atoms with E-state index >= 15 is 0 Å². The van der Waals surface area contributed by atoms with E-state index in [0.29, 0.717) is 11.3 Å². The third kappa shape index (κ3) is 3.74. The van der Waals surface area contributed by atoms with Crippen LogP contribution in [0.15, 0.2) is 36.5 Å². The molecule has 1 saturated carbocycles. The van der Waals surface area contributed by atoms with E-state index in [4.69, 9.17) is 0 Å². The summed E-state index contributed by atoms with van der Waals surface area (Å²) >= 11 is 0. The van der Waals surface area contributed by atoms with Crippen LogP contribution in [0.4, 0.5) is 5.69 Å². The van der Waals surface area contributed by atoms with E-state index < -0.39 is 0 Å². The number of hydrogen-bond acceptors (Lipinski definition) is 3. The first-order valence-electron chi connectivity index (χ1n) is 7.68. The van der Waals surface area contributed by atoms with Gasteiger partial charge in [0.1, 0.15) is 5.69 Å². The summed E-state index contributed by atoms with van der Waals surface area (Å²) in [6.07, 6.45) is 3.53. The van der Waals surface area contributed by atoms with Gasteiger partial charge in [-0.3, -0.25) is 14.6 Å². The number of aromatic nitrogens is 1. The lowest BCUT2D eigenvalue weighted by atomic mass is 10.1. The summed E-state index contributed by atoms with van der Waals surface area (Å²) in [6, 6.07) is 9.14. The van der Waals surface area contributed by atoms with Gasteiger partial charge in [0, 0.05) is 23.5 Å². The average molecular weight is 309 g/mol. The van der Waals surface area contributed by atoms with E-state index in [9.17, 15) is 9.59 Å². The molecule has 0 saturated heterocycles. The Kier molecular flexibility index (Phi) is 4.10. The van der Waals surface area contributed by atoms with Crippen molar-refractivity contribution >= 4 is 17.5 Å². The molecule has 2 amide bonds. The Morgan fingerprint density at radius 1 is 1.04 bits per heavy atom. The number of hydrogen-bond donors (Lipinski definition) is 2. The minimum Gasteiger partial charge on any atom is -0.349 e. The summed E-state index contributed by atoms with van der Waals surface area (Å²) < 4.78 is 0. The first-order chi connectivity index (χ1) is 11.0. The summed E-state index contributed by atoms with van der Waals surface area (Å²) in [5, 5.41) is 5.71. The van der Waals surface area contributed by atoms with Crippen molar-refractivity contribution in [1.29, 1.82) is 0 Å². The van der Waals surface area contributed by atoms with Crippen molar-refractivity contribution in [2.75, 3.05) is 5.32 Å². The molecule has 0 spiro atoms. The number of carbonyl (C=O) groups excluding carboxylic acids is 2. The zero-order chi connectivity index (χ0) is 16.4. The molecule has 1 heterocycles. The molecule has 0 radical (unpaired) electrons. The molecule has 1 aliphatic carbocycles. The molecule has 2 aromatic rings. The second-order valence-electron chi connectivity index (χ2n) is 5.93. The van der Waals surface area contributed by atoms with Crippen LogP contribution in [-0.2, 0) is 0 Å². The first kappa shape index (κ1) is 15.2. The van der Waals surface area contributed by atoms with Crippen LogP contribution in [0.5, 0.6) is 0 Å². The maximum atomic E-state index is 12.3. The fourth-order valence-electron chi connectivity index (χ4n) is 2.21. The maximum Gasteiger partial charge on any atom is 0.274 e. The number of aryl methyl sites for hydroxylation is 2. The van der Waals surface area contributed by atoms with E-state index in [1.54, 1.807) is 6.07 Å². The molecule has 23 heavy (non-hydrogen) atoms. The van der Waals surface area contributed by atoms with Crippen LogP contribution < -0.4 is 10.6 Å². The lowest BCUT2D eigenvalue weighted by Gasteiger charge is -2.08. The van der Waals surface area contributed by atoms with E-state index in [1.165, 1.54) is 17.8 Å². The molecule has 0 atom stereocenters. The quantitative estimate of drug-likeness (QED) is 0.912. The van der Waals surface area contributed by atoms with Gasteiger partial charge in [-0.15, -0.1) is 0 Å². The molecule has 5 heteroatoms. The Labute approximate surface area is 135 Å². The highest BCUT2D eigenvalue weighted by molar-refractivity contribution is 6.04. The third-order valence-corrected chi connectivity index (χ3v) is 3.93. The average Bonchev–Trinajstić information content (AvgIpc) is 3.35. The van der Waals surface area contributed by atoms with Gasteiger partial charge in [0.2, 0.25) is 0 Å². The molecule has 1 fully saturated rings. The number of rotatable bonds is 4. The van der Waals surface area contributed by atoms with E-state index in [1.807, 2.05) is 32.0 Å². The molecule has 1 aromatic carbocycles. The molecule has 0 unspecified atom stereocenters. The summed E-state index contributed by atoms with van der Waals surface area (Å²) in [5.74, 6) is -0.482. The van der Waals surface area contributed by atoms with Crippen molar-refractivity contribution in [2.45, 2.75) is 32.7 Å². The summed E-state index contributed by atoms with van der Waals surface area (Å²) in [7, 11) is 0. The van der Waals surface area contributed by atoms with Gasteiger partial charge in [0.25, 0.3) is 11.8 Å². The fourth-order valence-corrected chi connectivity index (χ4v) is 2.21. The van der Waals surface area contributed by atoms with Gasteiger partial charge in [-0.1, -0.05) is 6.07 Å². The third-order valence-electron chi connectivity index (χ3n) is 3.93. The predicted octanol–water partition coefficient (Wildman–Crippen LogP) is 2.84. The van der Waals surface area contributed by atoms with Gasteiger partial charge >= 0.3 is 0 Å². The lowest BCUT2D eigenvalue weighted by Crippen LogP contribution is -2.26. The van der Waals surface area contributed by atoms with Gasteiger partial charge in [0.15, 0.2) is 0 Å². The summed E-state index contributed by atoms with van der Waals surface area (Å²) in [6.45, 7) is 4.01. The highest BCUT2D eigenvalue weighted by atomic mass is 16.2. The number of amides is 2. The molecule has 0 bridgehead atoms. The predicted molar refractivity (Wildman–Crippen MR) is 88.6 cm³/mol. The van der Waals surface area contributed by atoms with Crippen LogP contribution in [0.25, 0.3) is 0 Å². The minimum absolute atomic E-state index is 0.157. The largest absolute Gasteiger partial charge is 0.349 e. The number of nitrogens with zero attached hydrogens (tertiary/aromatic N) is 1. The minimum atomic E-state index is -0.325. The Morgan fingerprint density at radius 3 is 2.52 bits per heavy atom. The molecule has 5 nitrogen and oxygen atoms in total. The Hall–Kier alpha value is -2.69. The molecule has 1 aliphatic rings. The highest BCUT2D eigenvalue weighted by Gasteiger charge is 2.24. The van der Waals surface area contributed by atoms with E-state index in [2.05, 4.69) is 15.6 Å². The summed E-state index contributed by atoms with van der Waals surface area (Å²) in [5.41, 5.74) is 3.67. The normalized spacial score (nSPS) is 13.5. The Balaban J connectivity index is 1.73. The van der Waals surface area contributed by atoms with Crippen LogP contribution in [-0.4, -0.2) is 22.8 Å². The number of benzene rings is 1. The van der Waals surface area contributed by atoms with Crippen molar-refractivity contribution in [3.63, 3.8) is 0 Å². The number of anilines is 1. The van der Waals surface area contributed by atoms with Crippen LogP contribution in [0.1, 0.15) is 44.8 Å². The van der Waals surface area contributed by atoms with Gasteiger partial charge in [0.05, 0.1) is 0 Å². The Bertz CT molecular complexity index is 767. The SMILES string of the molecule is Cc1ccc(NC(=O)c2cc(C(=O)NC3CC3)ccn2)cc1C. The van der Waals surface area contributed by atoms with Crippen LogP contribution >= 0.6 is 0 Å². The second kappa shape index (κ2) is 6.20. The molecular formula is C18H19N3O2. The van der Waals surface area contributed by atoms with Crippen molar-refractivity contribution < 1.29 is 9.59 Å². The molecule has 0 aliphatic heterocycles. The van der Waals surface area contributed by atoms with Crippen LogP contribution in [0, 0.1) is 13.8 Å². The smallest absolute Gasteiger partial charge is 0.274 e. The monoisotopic (exact) mass is 309 g/mol. The number of nitrogens with one attached hydrogen (secondary N) is 2. The van der Waals surface area contributed by atoms with Crippen molar-refractivity contribution in [2.24, 2.45) is 0 Å². The van der Waals surface area contributed by atoms with Crippen LogP contribution in [0.3, 0.4) is 0 Å². The van der Waals surface area contributed by atoms with Crippen LogP contribution in [0.2, 0.25) is 0 Å². The zero-order valence-corrected chi connectivity index (χ0v) is 13.2. The van der Waals surface area contributed by atoms with Gasteiger partial charge in [-0.25, -0.2) is 0 Å². The molecule has 1 aromatic heterocycles. The standard InChI is InChI=1S/C18H19N3O2/c1-11-3-4-15(9-12(11)2)21-18(23)16-10-13(7-8-19-16)17(22)20-14-5-6-14/h3-4,7-10,14H,5-6H2,1-2H3,(H,20,22)(H,21,23). The highest BCUT2D eigenvalue weighted by Crippen LogP contribution is 2.19. The molecule has 118 valence electrons.